The fourth-order valence-corrected chi connectivity index (χ4v) is 2.63. The SMILES string of the molecule is C[S+](=O)(O)N1CCc2ccccc21. The van der Waals surface area contributed by atoms with Crippen molar-refractivity contribution in [2.45, 2.75) is 6.42 Å². The lowest BCUT2D eigenvalue weighted by molar-refractivity contribution is 0.500. The van der Waals surface area contributed by atoms with Gasteiger partial charge in [-0.25, -0.2) is 0 Å². The average molecular weight is 198 g/mol. The summed E-state index contributed by atoms with van der Waals surface area (Å²) >= 11 is 0. The first-order valence-corrected chi connectivity index (χ1v) is 6.04. The standard InChI is InChI=1S/C9H11NO2S/c1-13(11,12)10-7-6-8-4-2-3-5-9(8)10/h2-5H,6-7H2,1H3/p+1. The molecule has 3 nitrogen and oxygen atoms in total. The maximum absolute atomic E-state index is 11.4. The van der Waals surface area contributed by atoms with E-state index in [1.807, 2.05) is 24.3 Å². The Bertz CT molecular complexity index is 372. The summed E-state index contributed by atoms with van der Waals surface area (Å²) in [5.41, 5.74) is 2.06. The van der Waals surface area contributed by atoms with Crippen molar-refractivity contribution in [3.05, 3.63) is 29.8 Å². The molecule has 0 aromatic heterocycles. The molecule has 1 heterocycles. The van der Waals surface area contributed by atoms with Crippen molar-refractivity contribution in [1.29, 1.82) is 0 Å². The molecule has 0 fully saturated rings. The van der Waals surface area contributed by atoms with Crippen molar-refractivity contribution in [3.63, 3.8) is 0 Å². The molecule has 1 aromatic carbocycles. The monoisotopic (exact) mass is 198 g/mol. The van der Waals surface area contributed by atoms with E-state index >= 15 is 0 Å². The van der Waals surface area contributed by atoms with E-state index in [-0.39, 0.29) is 0 Å². The molecule has 70 valence electrons. The van der Waals surface area contributed by atoms with Crippen LogP contribution < -0.4 is 4.31 Å². The van der Waals surface area contributed by atoms with Gasteiger partial charge in [0.15, 0.2) is 6.26 Å². The molecule has 0 radical (unpaired) electrons. The highest BCUT2D eigenvalue weighted by Crippen LogP contribution is 2.30. The Balaban J connectivity index is 2.45. The van der Waals surface area contributed by atoms with E-state index in [0.29, 0.717) is 6.54 Å². The predicted molar refractivity (Wildman–Crippen MR) is 54.1 cm³/mol. The molecule has 4 heteroatoms. The van der Waals surface area contributed by atoms with E-state index in [2.05, 4.69) is 0 Å². The minimum absolute atomic E-state index is 0.644. The molecule has 0 spiro atoms. The lowest BCUT2D eigenvalue weighted by atomic mass is 10.2. The topological polar surface area (TPSA) is 40.5 Å². The maximum atomic E-state index is 11.4. The minimum atomic E-state index is -2.83. The van der Waals surface area contributed by atoms with Crippen LogP contribution in [0.5, 0.6) is 0 Å². The Labute approximate surface area is 78.8 Å². The number of para-hydroxylation sites is 1. The number of hydrogen-bond acceptors (Lipinski definition) is 1. The van der Waals surface area contributed by atoms with Gasteiger partial charge in [0, 0.05) is 0 Å². The summed E-state index contributed by atoms with van der Waals surface area (Å²) in [6.45, 7) is 0.644. The van der Waals surface area contributed by atoms with E-state index in [9.17, 15) is 8.76 Å². The fraction of sp³-hybridized carbons (Fsp3) is 0.333. The van der Waals surface area contributed by atoms with Crippen LogP contribution in [0.25, 0.3) is 0 Å². The number of fused-ring (bicyclic) bond motifs is 1. The summed E-state index contributed by atoms with van der Waals surface area (Å²) in [5.74, 6) is 0. The highest BCUT2D eigenvalue weighted by atomic mass is 32.3. The van der Waals surface area contributed by atoms with Gasteiger partial charge in [-0.15, -0.1) is 0 Å². The van der Waals surface area contributed by atoms with Crippen molar-refractivity contribution in [1.82, 2.24) is 0 Å². The Morgan fingerprint density at radius 2 is 2.15 bits per heavy atom. The highest BCUT2D eigenvalue weighted by Gasteiger charge is 2.34. The molecule has 1 unspecified atom stereocenters. The van der Waals surface area contributed by atoms with Crippen molar-refractivity contribution < 1.29 is 8.76 Å². The number of hydrogen-bond donors (Lipinski definition) is 1. The molecule has 1 aliphatic heterocycles. The van der Waals surface area contributed by atoms with Gasteiger partial charge in [-0.2, -0.15) is 8.86 Å². The van der Waals surface area contributed by atoms with Crippen LogP contribution in [-0.2, 0) is 21.0 Å². The minimum Gasteiger partial charge on any atom is -0.166 e. The summed E-state index contributed by atoms with van der Waals surface area (Å²) in [4.78, 5) is 0. The van der Waals surface area contributed by atoms with Gasteiger partial charge in [0.25, 0.3) is 0 Å². The molecule has 1 aliphatic rings. The van der Waals surface area contributed by atoms with Gasteiger partial charge in [-0.1, -0.05) is 18.2 Å². The molecular weight excluding hydrogens is 186 g/mol. The molecule has 13 heavy (non-hydrogen) atoms. The second-order valence-electron chi connectivity index (χ2n) is 3.24. The van der Waals surface area contributed by atoms with Crippen LogP contribution in [0.15, 0.2) is 24.3 Å². The van der Waals surface area contributed by atoms with E-state index in [1.165, 1.54) is 6.26 Å². The van der Waals surface area contributed by atoms with Crippen molar-refractivity contribution >= 4 is 16.1 Å². The van der Waals surface area contributed by atoms with Gasteiger partial charge in [-0.05, 0) is 22.3 Å². The number of benzene rings is 1. The predicted octanol–water partition coefficient (Wildman–Crippen LogP) is 1.57. The lowest BCUT2D eigenvalue weighted by Gasteiger charge is -2.13. The van der Waals surface area contributed by atoms with Crippen LogP contribution in [0.2, 0.25) is 0 Å². The molecule has 0 amide bonds. The van der Waals surface area contributed by atoms with Gasteiger partial charge in [0.1, 0.15) is 0 Å². The largest absolute Gasteiger partial charge is 0.310 e. The van der Waals surface area contributed by atoms with Gasteiger partial charge >= 0.3 is 10.4 Å². The first-order chi connectivity index (χ1) is 6.09. The van der Waals surface area contributed by atoms with Gasteiger partial charge in [-0.3, -0.25) is 0 Å². The Kier molecular flexibility index (Phi) is 1.89. The van der Waals surface area contributed by atoms with E-state index in [4.69, 9.17) is 0 Å². The second kappa shape index (κ2) is 2.82. The lowest BCUT2D eigenvalue weighted by Crippen LogP contribution is -2.33. The summed E-state index contributed by atoms with van der Waals surface area (Å²) < 4.78 is 22.4. The van der Waals surface area contributed by atoms with Gasteiger partial charge < -0.3 is 0 Å². The maximum Gasteiger partial charge on any atom is 0.310 e. The van der Waals surface area contributed by atoms with Crippen LogP contribution >= 0.6 is 0 Å². The van der Waals surface area contributed by atoms with Crippen LogP contribution in [0, 0.1) is 0 Å². The summed E-state index contributed by atoms with van der Waals surface area (Å²) in [6.07, 6.45) is 2.22. The molecule has 1 N–H and O–H groups in total. The van der Waals surface area contributed by atoms with Crippen molar-refractivity contribution in [3.8, 4) is 0 Å². The van der Waals surface area contributed by atoms with Crippen molar-refractivity contribution in [2.75, 3.05) is 17.1 Å². The van der Waals surface area contributed by atoms with E-state index < -0.39 is 10.4 Å². The molecule has 0 aliphatic carbocycles. The van der Waals surface area contributed by atoms with E-state index in [0.717, 1.165) is 17.7 Å². The number of nitrogens with zero attached hydrogens (tertiary/aromatic N) is 1. The third kappa shape index (κ3) is 1.47. The Morgan fingerprint density at radius 1 is 1.46 bits per heavy atom. The Morgan fingerprint density at radius 3 is 2.85 bits per heavy atom. The zero-order chi connectivity index (χ0) is 9.47. The molecule has 1 aromatic rings. The summed E-state index contributed by atoms with van der Waals surface area (Å²) in [5, 5.41) is 0. The molecular formula is C9H12NO2S+. The molecule has 1 atom stereocenters. The van der Waals surface area contributed by atoms with Crippen LogP contribution in [0.1, 0.15) is 5.56 Å². The molecule has 0 saturated carbocycles. The van der Waals surface area contributed by atoms with Crippen LogP contribution in [0.4, 0.5) is 5.69 Å². The number of rotatable bonds is 1. The zero-order valence-electron chi connectivity index (χ0n) is 7.43. The third-order valence-electron chi connectivity index (χ3n) is 2.25. The number of anilines is 1. The Hall–Kier alpha value is -0.870. The molecule has 0 saturated heterocycles. The summed E-state index contributed by atoms with van der Waals surface area (Å²) in [7, 11) is -2.83. The molecule has 0 bridgehead atoms. The van der Waals surface area contributed by atoms with Crippen LogP contribution in [0.3, 0.4) is 0 Å². The normalized spacial score (nSPS) is 19.7. The van der Waals surface area contributed by atoms with E-state index in [1.54, 1.807) is 4.31 Å². The van der Waals surface area contributed by atoms with Gasteiger partial charge in [0.2, 0.25) is 0 Å². The zero-order valence-corrected chi connectivity index (χ0v) is 8.25. The third-order valence-corrected chi connectivity index (χ3v) is 3.45. The second-order valence-corrected chi connectivity index (χ2v) is 5.21. The van der Waals surface area contributed by atoms with Gasteiger partial charge in [0.05, 0.1) is 12.2 Å². The first kappa shape index (κ1) is 8.72. The average Bonchev–Trinajstić information content (AvgIpc) is 2.45. The fourth-order valence-electron chi connectivity index (χ4n) is 1.66. The van der Waals surface area contributed by atoms with Crippen molar-refractivity contribution in [2.24, 2.45) is 0 Å². The van der Waals surface area contributed by atoms with Crippen LogP contribution in [-0.4, -0.2) is 17.4 Å². The smallest absolute Gasteiger partial charge is 0.166 e. The molecule has 2 rings (SSSR count). The quantitative estimate of drug-likeness (QED) is 0.696. The highest BCUT2D eigenvalue weighted by molar-refractivity contribution is 7.98. The summed E-state index contributed by atoms with van der Waals surface area (Å²) in [6, 6.07) is 7.74. The first-order valence-electron chi connectivity index (χ1n) is 4.16.